The highest BCUT2D eigenvalue weighted by molar-refractivity contribution is 5.85. The van der Waals surface area contributed by atoms with E-state index < -0.39 is 0 Å². The van der Waals surface area contributed by atoms with Crippen molar-refractivity contribution in [2.24, 2.45) is 0 Å². The summed E-state index contributed by atoms with van der Waals surface area (Å²) in [6, 6.07) is 5.24. The van der Waals surface area contributed by atoms with Crippen LogP contribution in [0.1, 0.15) is 22.5 Å². The van der Waals surface area contributed by atoms with E-state index in [0.717, 1.165) is 29.9 Å². The maximum atomic E-state index is 14.6. The molecule has 0 bridgehead atoms. The third kappa shape index (κ3) is 3.76. The summed E-state index contributed by atoms with van der Waals surface area (Å²) >= 11 is 0. The van der Waals surface area contributed by atoms with Crippen molar-refractivity contribution < 1.29 is 13.9 Å². The van der Waals surface area contributed by atoms with Crippen LogP contribution in [0.2, 0.25) is 0 Å². The third-order valence-electron chi connectivity index (χ3n) is 6.59. The van der Waals surface area contributed by atoms with E-state index in [-0.39, 0.29) is 18.1 Å². The number of hydrogen-bond donors (Lipinski definition) is 1. The van der Waals surface area contributed by atoms with Crippen LogP contribution in [0, 0.1) is 24.1 Å². The monoisotopic (exact) mass is 486 g/mol. The van der Waals surface area contributed by atoms with Crippen LogP contribution in [0.3, 0.4) is 0 Å². The van der Waals surface area contributed by atoms with Gasteiger partial charge in [-0.25, -0.2) is 24.3 Å². The molecule has 0 radical (unpaired) electrons. The Morgan fingerprint density at radius 2 is 1.94 bits per heavy atom. The molecule has 1 fully saturated rings. The molecule has 11 heteroatoms. The van der Waals surface area contributed by atoms with Crippen molar-refractivity contribution in [1.82, 2.24) is 24.3 Å². The van der Waals surface area contributed by atoms with Crippen LogP contribution in [0.15, 0.2) is 30.9 Å². The first-order valence-electron chi connectivity index (χ1n) is 11.7. The van der Waals surface area contributed by atoms with Crippen LogP contribution >= 0.6 is 0 Å². The quantitative estimate of drug-likeness (QED) is 0.455. The van der Waals surface area contributed by atoms with Crippen LogP contribution < -0.4 is 15.0 Å². The summed E-state index contributed by atoms with van der Waals surface area (Å²) < 4.78 is 27.3. The Bertz CT molecular complexity index is 1510. The first-order valence-corrected chi connectivity index (χ1v) is 11.7. The highest BCUT2D eigenvalue weighted by atomic mass is 19.1. The van der Waals surface area contributed by atoms with Gasteiger partial charge in [0.05, 0.1) is 31.0 Å². The van der Waals surface area contributed by atoms with Gasteiger partial charge in [-0.1, -0.05) is 0 Å². The van der Waals surface area contributed by atoms with Gasteiger partial charge in [-0.05, 0) is 19.1 Å². The van der Waals surface area contributed by atoms with Crippen molar-refractivity contribution >= 4 is 17.4 Å². The Morgan fingerprint density at radius 3 is 2.75 bits per heavy atom. The van der Waals surface area contributed by atoms with Crippen molar-refractivity contribution in [3.05, 3.63) is 59.2 Å². The standard InChI is InChI=1S/C25H23FN8O2/c1-15-17(11-30-25(32-15)33-5-8-35-9-6-33)19-13-29-24(34-14-31-21(10-27)23(19)34)28-12-18-16-4-7-36-22(16)3-2-20(18)26/h2-3,11,13-14H,4-9,12H2,1H3,(H,28,29). The minimum Gasteiger partial charge on any atom is -0.493 e. The number of hydrogen-bond acceptors (Lipinski definition) is 9. The van der Waals surface area contributed by atoms with Crippen molar-refractivity contribution in [3.63, 3.8) is 0 Å². The number of nitrogens with one attached hydrogen (secondary N) is 1. The largest absolute Gasteiger partial charge is 0.493 e. The van der Waals surface area contributed by atoms with Gasteiger partial charge in [0, 0.05) is 60.7 Å². The Balaban J connectivity index is 1.36. The minimum atomic E-state index is -0.295. The number of aryl methyl sites for hydroxylation is 1. The molecule has 182 valence electrons. The lowest BCUT2D eigenvalue weighted by Gasteiger charge is -2.27. The van der Waals surface area contributed by atoms with E-state index in [9.17, 15) is 9.65 Å². The SMILES string of the molecule is Cc1nc(N2CCOCC2)ncc1-c1cnc(NCc2c(F)ccc3c2CCO3)n2cnc(C#N)c12. The summed E-state index contributed by atoms with van der Waals surface area (Å²) in [7, 11) is 0. The normalized spacial score (nSPS) is 15.0. The molecular weight excluding hydrogens is 463 g/mol. The second-order valence-electron chi connectivity index (χ2n) is 8.64. The van der Waals surface area contributed by atoms with Crippen molar-refractivity contribution in [3.8, 4) is 22.9 Å². The van der Waals surface area contributed by atoms with Crippen molar-refractivity contribution in [1.29, 1.82) is 5.26 Å². The number of halogens is 1. The fraction of sp³-hybridized carbons (Fsp3) is 0.320. The number of fused-ring (bicyclic) bond motifs is 2. The highest BCUT2D eigenvalue weighted by Crippen LogP contribution is 2.32. The molecule has 36 heavy (non-hydrogen) atoms. The predicted molar refractivity (Wildman–Crippen MR) is 129 cm³/mol. The van der Waals surface area contributed by atoms with Crippen molar-refractivity contribution in [2.45, 2.75) is 19.9 Å². The topological polar surface area (TPSA) is 113 Å². The Hall–Kier alpha value is -4.30. The van der Waals surface area contributed by atoms with Gasteiger partial charge in [-0.15, -0.1) is 0 Å². The molecular formula is C25H23FN8O2. The Labute approximate surface area is 206 Å². The van der Waals surface area contributed by atoms with Gasteiger partial charge < -0.3 is 19.7 Å². The second-order valence-corrected chi connectivity index (χ2v) is 8.64. The molecule has 1 N–H and O–H groups in total. The molecule has 3 aromatic heterocycles. The van der Waals surface area contributed by atoms with Gasteiger partial charge in [-0.2, -0.15) is 5.26 Å². The summed E-state index contributed by atoms with van der Waals surface area (Å²) in [6.45, 7) is 5.44. The number of aromatic nitrogens is 5. The summed E-state index contributed by atoms with van der Waals surface area (Å²) in [6.07, 6.45) is 5.64. The van der Waals surface area contributed by atoms with Gasteiger partial charge in [0.2, 0.25) is 11.9 Å². The van der Waals surface area contributed by atoms with Crippen LogP contribution in [0.5, 0.6) is 5.75 Å². The number of nitriles is 1. The molecule has 1 aromatic carbocycles. The number of nitrogens with zero attached hydrogens (tertiary/aromatic N) is 7. The summed E-state index contributed by atoms with van der Waals surface area (Å²) in [5.74, 6) is 1.52. The molecule has 2 aliphatic heterocycles. The van der Waals surface area contributed by atoms with Gasteiger partial charge >= 0.3 is 0 Å². The average molecular weight is 487 g/mol. The molecule has 5 heterocycles. The van der Waals surface area contributed by atoms with E-state index in [1.165, 1.54) is 6.07 Å². The van der Waals surface area contributed by atoms with Crippen LogP contribution in [0.4, 0.5) is 16.3 Å². The summed E-state index contributed by atoms with van der Waals surface area (Å²) in [5.41, 5.74) is 4.48. The molecule has 0 saturated carbocycles. The van der Waals surface area contributed by atoms with Crippen molar-refractivity contribution in [2.75, 3.05) is 43.1 Å². The summed E-state index contributed by atoms with van der Waals surface area (Å²) in [4.78, 5) is 20.2. The lowest BCUT2D eigenvalue weighted by molar-refractivity contribution is 0.122. The zero-order valence-corrected chi connectivity index (χ0v) is 19.7. The maximum Gasteiger partial charge on any atom is 0.225 e. The first kappa shape index (κ1) is 22.2. The van der Waals surface area contributed by atoms with Gasteiger partial charge in [0.1, 0.15) is 24.0 Å². The van der Waals surface area contributed by atoms with Crippen LogP contribution in [0.25, 0.3) is 16.6 Å². The summed E-state index contributed by atoms with van der Waals surface area (Å²) in [5, 5.41) is 13.0. The van der Waals surface area contributed by atoms with E-state index in [2.05, 4.69) is 31.2 Å². The second kappa shape index (κ2) is 9.05. The molecule has 10 nitrogen and oxygen atoms in total. The van der Waals surface area contributed by atoms with Gasteiger partial charge in [0.25, 0.3) is 0 Å². The number of benzene rings is 1. The van der Waals surface area contributed by atoms with E-state index in [1.807, 2.05) is 6.92 Å². The predicted octanol–water partition coefficient (Wildman–Crippen LogP) is 2.89. The maximum absolute atomic E-state index is 14.6. The van der Waals surface area contributed by atoms with Gasteiger partial charge in [0.15, 0.2) is 5.69 Å². The molecule has 0 unspecified atom stereocenters. The number of morpholine rings is 1. The van der Waals surface area contributed by atoms with Crippen LogP contribution in [-0.4, -0.2) is 57.2 Å². The number of imidazole rings is 1. The third-order valence-corrected chi connectivity index (χ3v) is 6.59. The Morgan fingerprint density at radius 1 is 1.11 bits per heavy atom. The number of ether oxygens (including phenoxy) is 2. The smallest absolute Gasteiger partial charge is 0.225 e. The number of rotatable bonds is 5. The first-order chi connectivity index (χ1) is 17.6. The zero-order chi connectivity index (χ0) is 24.6. The fourth-order valence-electron chi connectivity index (χ4n) is 4.73. The molecule has 1 saturated heterocycles. The molecule has 0 atom stereocenters. The van der Waals surface area contributed by atoms with E-state index in [4.69, 9.17) is 14.5 Å². The molecule has 4 aromatic rings. The van der Waals surface area contributed by atoms with Gasteiger partial charge in [-0.3, -0.25) is 4.40 Å². The Kier molecular flexibility index (Phi) is 5.58. The van der Waals surface area contributed by atoms with E-state index >= 15 is 0 Å². The van der Waals surface area contributed by atoms with E-state index in [0.29, 0.717) is 60.5 Å². The highest BCUT2D eigenvalue weighted by Gasteiger charge is 2.22. The molecule has 2 aliphatic rings. The zero-order valence-electron chi connectivity index (χ0n) is 19.7. The van der Waals surface area contributed by atoms with Crippen LogP contribution in [-0.2, 0) is 17.7 Å². The van der Waals surface area contributed by atoms with E-state index in [1.54, 1.807) is 29.2 Å². The molecule has 0 amide bonds. The lowest BCUT2D eigenvalue weighted by Crippen LogP contribution is -2.37. The molecule has 6 rings (SSSR count). The fourth-order valence-corrected chi connectivity index (χ4v) is 4.73. The minimum absolute atomic E-state index is 0.219. The molecule has 0 spiro atoms. The lowest BCUT2D eigenvalue weighted by atomic mass is 10.0. The molecule has 0 aliphatic carbocycles. The number of anilines is 2. The average Bonchev–Trinajstić information content (AvgIpc) is 3.56.